The van der Waals surface area contributed by atoms with E-state index < -0.39 is 47.1 Å². The van der Waals surface area contributed by atoms with Crippen molar-refractivity contribution in [3.05, 3.63) is 118 Å². The van der Waals surface area contributed by atoms with Crippen LogP contribution in [-0.4, -0.2) is 38.0 Å². The molecule has 2 N–H and O–H groups in total. The molecule has 0 aromatic heterocycles. The van der Waals surface area contributed by atoms with Crippen molar-refractivity contribution in [1.29, 1.82) is 0 Å². The van der Waals surface area contributed by atoms with Crippen LogP contribution in [0, 0.1) is 17.6 Å². The van der Waals surface area contributed by atoms with Gasteiger partial charge in [0.1, 0.15) is 29.1 Å². The van der Waals surface area contributed by atoms with E-state index in [0.717, 1.165) is 0 Å². The van der Waals surface area contributed by atoms with Gasteiger partial charge in [-0.25, -0.2) is 13.6 Å². The summed E-state index contributed by atoms with van der Waals surface area (Å²) in [5.74, 6) is -6.62. The molecule has 0 unspecified atom stereocenters. The smallest absolute Gasteiger partial charge is 0.338 e. The molecule has 8 nitrogen and oxygen atoms in total. The summed E-state index contributed by atoms with van der Waals surface area (Å²) in [6.07, 6.45) is 0.0377. The number of benzene rings is 3. The first-order valence-electron chi connectivity index (χ1n) is 14.3. The zero-order valence-electron chi connectivity index (χ0n) is 24.5. The van der Waals surface area contributed by atoms with Gasteiger partial charge in [-0.15, -0.1) is 0 Å². The van der Waals surface area contributed by atoms with Crippen LogP contribution in [0.1, 0.15) is 43.2 Å². The number of allylic oxidation sites excluding steroid dienone is 2. The maximum atomic E-state index is 15.6. The summed E-state index contributed by atoms with van der Waals surface area (Å²) in [6, 6.07) is 18.2. The van der Waals surface area contributed by atoms with Gasteiger partial charge in [0.2, 0.25) is 0 Å². The number of nitrogens with zero attached hydrogens (tertiary/aromatic N) is 1. The van der Waals surface area contributed by atoms with Gasteiger partial charge in [-0.1, -0.05) is 36.4 Å². The molecule has 0 amide bonds. The zero-order chi connectivity index (χ0) is 31.5. The van der Waals surface area contributed by atoms with E-state index in [1.807, 2.05) is 0 Å². The number of methoxy groups -OCH3 is 1. The number of Topliss-reactive ketones (excluding diaryl/α,β-unsaturated/α-hetero) is 1. The molecule has 2 aliphatic rings. The minimum atomic E-state index is -1.34. The number of halogens is 2. The number of carbonyl (C=O) groups is 3. The van der Waals surface area contributed by atoms with Crippen molar-refractivity contribution >= 4 is 23.4 Å². The minimum Gasteiger partial charge on any atom is -0.497 e. The Bertz CT molecular complexity index is 1680. The van der Waals surface area contributed by atoms with E-state index >= 15 is 4.39 Å². The Kier molecular flexibility index (Phi) is 8.80. The van der Waals surface area contributed by atoms with Crippen LogP contribution in [0.3, 0.4) is 0 Å². The molecule has 0 radical (unpaired) electrons. The summed E-state index contributed by atoms with van der Waals surface area (Å²) in [4.78, 5) is 43.3. The number of hydrogen-bond acceptors (Lipinski definition) is 8. The van der Waals surface area contributed by atoms with Crippen LogP contribution in [0.5, 0.6) is 5.75 Å². The standard InChI is InChI=1S/C34H32F2N2O6/c1-4-43-33(40)28-24(19-10-8-13-22(16-19)42-3)18-26-29(31(28)39)27(23-14-6-7-15-25(23)36)30(34(41)44-5-2)32(37)38(26)21-12-9-11-20(35)17-21/h6-17,24,27-28H,4-5,18,37H2,1-3H3/t24-,27-,28-/m0/s1. The molecule has 0 spiro atoms. The maximum absolute atomic E-state index is 15.6. The van der Waals surface area contributed by atoms with Gasteiger partial charge in [0.25, 0.3) is 0 Å². The van der Waals surface area contributed by atoms with Crippen LogP contribution in [-0.2, 0) is 23.9 Å². The number of ether oxygens (including phenoxy) is 3. The normalized spacial score (nSPS) is 19.9. The highest BCUT2D eigenvalue weighted by Gasteiger charge is 2.52. The Balaban J connectivity index is 1.84. The Labute approximate surface area is 253 Å². The van der Waals surface area contributed by atoms with Gasteiger partial charge in [-0.05, 0) is 62.2 Å². The van der Waals surface area contributed by atoms with Gasteiger partial charge in [-0.2, -0.15) is 0 Å². The highest BCUT2D eigenvalue weighted by Crippen LogP contribution is 2.52. The molecular formula is C34H32F2N2O6. The lowest BCUT2D eigenvalue weighted by Gasteiger charge is -2.44. The first kappa shape index (κ1) is 30.5. The second kappa shape index (κ2) is 12.7. The summed E-state index contributed by atoms with van der Waals surface area (Å²) >= 11 is 0. The number of ketones is 1. The number of rotatable bonds is 8. The predicted molar refractivity (Wildman–Crippen MR) is 158 cm³/mol. The van der Waals surface area contributed by atoms with Crippen LogP contribution in [0.25, 0.3) is 0 Å². The molecule has 0 fully saturated rings. The number of carbonyl (C=O) groups excluding carboxylic acids is 3. The number of esters is 2. The van der Waals surface area contributed by atoms with Gasteiger partial charge in [0, 0.05) is 22.8 Å². The van der Waals surface area contributed by atoms with E-state index in [-0.39, 0.29) is 47.9 Å². The fourth-order valence-electron chi connectivity index (χ4n) is 6.05. The molecular weight excluding hydrogens is 570 g/mol. The predicted octanol–water partition coefficient (Wildman–Crippen LogP) is 5.50. The molecule has 1 heterocycles. The second-order valence-electron chi connectivity index (χ2n) is 10.3. The Morgan fingerprint density at radius 1 is 0.955 bits per heavy atom. The van der Waals surface area contributed by atoms with Gasteiger partial charge >= 0.3 is 11.9 Å². The topological polar surface area (TPSA) is 108 Å². The third-order valence-corrected chi connectivity index (χ3v) is 7.88. The molecule has 3 aromatic rings. The lowest BCUT2D eigenvalue weighted by molar-refractivity contribution is -0.152. The monoisotopic (exact) mass is 602 g/mol. The summed E-state index contributed by atoms with van der Waals surface area (Å²) in [5.41, 5.74) is 7.67. The molecule has 44 heavy (non-hydrogen) atoms. The van der Waals surface area contributed by atoms with Gasteiger partial charge < -0.3 is 19.9 Å². The third-order valence-electron chi connectivity index (χ3n) is 7.88. The average Bonchev–Trinajstić information content (AvgIpc) is 3.00. The number of hydrogen-bond donors (Lipinski definition) is 1. The zero-order valence-corrected chi connectivity index (χ0v) is 24.5. The summed E-state index contributed by atoms with van der Waals surface area (Å²) in [5, 5.41) is 0. The first-order valence-corrected chi connectivity index (χ1v) is 14.3. The Morgan fingerprint density at radius 3 is 2.36 bits per heavy atom. The average molecular weight is 603 g/mol. The van der Waals surface area contributed by atoms with Crippen molar-refractivity contribution in [3.63, 3.8) is 0 Å². The molecule has 3 aromatic carbocycles. The van der Waals surface area contributed by atoms with Crippen molar-refractivity contribution in [3.8, 4) is 5.75 Å². The summed E-state index contributed by atoms with van der Waals surface area (Å²) in [6.45, 7) is 3.23. The van der Waals surface area contributed by atoms with Crippen molar-refractivity contribution in [2.75, 3.05) is 25.2 Å². The first-order chi connectivity index (χ1) is 21.2. The molecule has 10 heteroatoms. The van der Waals surface area contributed by atoms with Gasteiger partial charge in [0.15, 0.2) is 5.78 Å². The minimum absolute atomic E-state index is 0.000634. The second-order valence-corrected chi connectivity index (χ2v) is 10.3. The van der Waals surface area contributed by atoms with E-state index in [0.29, 0.717) is 17.0 Å². The van der Waals surface area contributed by atoms with E-state index in [1.54, 1.807) is 50.2 Å². The maximum Gasteiger partial charge on any atom is 0.338 e. The van der Waals surface area contributed by atoms with Crippen LogP contribution in [0.15, 0.2) is 95.5 Å². The quantitative estimate of drug-likeness (QED) is 0.266. The summed E-state index contributed by atoms with van der Waals surface area (Å²) < 4.78 is 46.3. The molecule has 1 aliphatic heterocycles. The summed E-state index contributed by atoms with van der Waals surface area (Å²) in [7, 11) is 1.50. The van der Waals surface area contributed by atoms with E-state index in [1.165, 1.54) is 48.4 Å². The van der Waals surface area contributed by atoms with E-state index in [2.05, 4.69) is 0 Å². The van der Waals surface area contributed by atoms with Crippen molar-refractivity contribution < 1.29 is 37.4 Å². The van der Waals surface area contributed by atoms with Gasteiger partial charge in [-0.3, -0.25) is 14.5 Å². The van der Waals surface area contributed by atoms with Crippen molar-refractivity contribution in [2.24, 2.45) is 11.7 Å². The lowest BCUT2D eigenvalue weighted by Crippen LogP contribution is -2.46. The van der Waals surface area contributed by atoms with Crippen molar-refractivity contribution in [2.45, 2.75) is 32.1 Å². The fourth-order valence-corrected chi connectivity index (χ4v) is 6.05. The highest BCUT2D eigenvalue weighted by atomic mass is 19.1. The SMILES string of the molecule is CCOC(=O)C1=C(N)N(c2cccc(F)c2)C2=C(C(=O)[C@@H](C(=O)OCC)[C@H](c3cccc(OC)c3)C2)[C@@H]1c1ccccc1F. The van der Waals surface area contributed by atoms with Gasteiger partial charge in [0.05, 0.1) is 37.5 Å². The largest absolute Gasteiger partial charge is 0.497 e. The van der Waals surface area contributed by atoms with E-state index in [9.17, 15) is 18.8 Å². The molecule has 1 aliphatic carbocycles. The molecule has 3 atom stereocenters. The van der Waals surface area contributed by atoms with Crippen LogP contribution in [0.4, 0.5) is 14.5 Å². The number of anilines is 1. The fraction of sp³-hybridized carbons (Fsp3) is 0.265. The van der Waals surface area contributed by atoms with Crippen molar-refractivity contribution in [1.82, 2.24) is 0 Å². The molecule has 0 saturated carbocycles. The lowest BCUT2D eigenvalue weighted by atomic mass is 9.66. The van der Waals surface area contributed by atoms with Crippen LogP contribution in [0.2, 0.25) is 0 Å². The van der Waals surface area contributed by atoms with Crippen LogP contribution >= 0.6 is 0 Å². The van der Waals surface area contributed by atoms with E-state index in [4.69, 9.17) is 19.9 Å². The third kappa shape index (κ3) is 5.43. The van der Waals surface area contributed by atoms with Crippen LogP contribution < -0.4 is 15.4 Å². The molecule has 0 bridgehead atoms. The molecule has 5 rings (SSSR count). The number of nitrogens with two attached hydrogens (primary N) is 1. The highest BCUT2D eigenvalue weighted by molar-refractivity contribution is 6.14. The Hall–Kier alpha value is -4.99. The Morgan fingerprint density at radius 2 is 1.68 bits per heavy atom. The molecule has 0 saturated heterocycles. The molecule has 228 valence electrons.